The third kappa shape index (κ3) is 4.25. The highest BCUT2D eigenvalue weighted by Crippen LogP contribution is 2.30. The number of anilines is 1. The highest BCUT2D eigenvalue weighted by molar-refractivity contribution is 7.19. The summed E-state index contributed by atoms with van der Waals surface area (Å²) in [4.78, 5) is 4.70. The van der Waals surface area contributed by atoms with Crippen LogP contribution in [-0.4, -0.2) is 14.1 Å². The number of aromatic nitrogens is 1. The van der Waals surface area contributed by atoms with E-state index in [1.807, 2.05) is 22.7 Å². The molecule has 0 atom stereocenters. The number of fused-ring (bicyclic) bond motifs is 1. The molecule has 0 radical (unpaired) electrons. The van der Waals surface area contributed by atoms with Gasteiger partial charge in [-0.15, -0.1) is 11.3 Å². The second kappa shape index (κ2) is 8.54. The maximum absolute atomic E-state index is 2.25. The lowest BCUT2D eigenvalue weighted by Crippen LogP contribution is -3.00. The monoisotopic (exact) mass is 504 g/mol. The fourth-order valence-corrected chi connectivity index (χ4v) is 4.91. The number of aryl methyl sites for hydroxylation is 1. The number of rotatable bonds is 4. The molecule has 0 aliphatic rings. The van der Waals surface area contributed by atoms with Gasteiger partial charge in [0.05, 0.1) is 0 Å². The van der Waals surface area contributed by atoms with Crippen LogP contribution in [0.5, 0.6) is 0 Å². The van der Waals surface area contributed by atoms with E-state index < -0.39 is 0 Å². The van der Waals surface area contributed by atoms with Crippen LogP contribution < -0.4 is 33.4 Å². The molecule has 0 N–H and O–H groups in total. The van der Waals surface area contributed by atoms with Gasteiger partial charge < -0.3 is 28.9 Å². The Bertz CT molecular complexity index is 1080. The molecule has 0 bridgehead atoms. The van der Waals surface area contributed by atoms with Crippen LogP contribution >= 0.6 is 22.7 Å². The number of thiazole rings is 1. The van der Waals surface area contributed by atoms with E-state index in [0.717, 1.165) is 0 Å². The van der Waals surface area contributed by atoms with Crippen LogP contribution in [0.1, 0.15) is 9.88 Å². The SMILES string of the molecule is CN(C)c1ccc(-c2ccc(/C=C/c3sc4ccccc4[n+]3C)s2)cc1.[I-]. The second-order valence-electron chi connectivity index (χ2n) is 6.44. The Kier molecular flexibility index (Phi) is 6.34. The zero-order valence-electron chi connectivity index (χ0n) is 15.5. The first kappa shape index (κ1) is 20.0. The molecule has 0 unspecified atom stereocenters. The molecule has 4 aromatic rings. The van der Waals surface area contributed by atoms with E-state index in [9.17, 15) is 0 Å². The highest BCUT2D eigenvalue weighted by atomic mass is 127. The molecule has 138 valence electrons. The van der Waals surface area contributed by atoms with Gasteiger partial charge in [-0.25, -0.2) is 0 Å². The molecule has 0 aliphatic carbocycles. The molecule has 27 heavy (non-hydrogen) atoms. The Labute approximate surface area is 185 Å². The normalized spacial score (nSPS) is 11.1. The zero-order chi connectivity index (χ0) is 18.1. The van der Waals surface area contributed by atoms with Crippen molar-refractivity contribution in [3.8, 4) is 10.4 Å². The fraction of sp³-hybridized carbons (Fsp3) is 0.136. The van der Waals surface area contributed by atoms with Gasteiger partial charge in [0.2, 0.25) is 5.52 Å². The summed E-state index contributed by atoms with van der Waals surface area (Å²) in [6.45, 7) is 0. The molecular weight excluding hydrogens is 483 g/mol. The maximum Gasteiger partial charge on any atom is 0.262 e. The summed E-state index contributed by atoms with van der Waals surface area (Å²) in [6.07, 6.45) is 4.43. The summed E-state index contributed by atoms with van der Waals surface area (Å²) >= 11 is 3.65. The molecule has 0 saturated carbocycles. The minimum atomic E-state index is 0. The van der Waals surface area contributed by atoms with Crippen LogP contribution in [0.4, 0.5) is 5.69 Å². The molecule has 0 aliphatic heterocycles. The first-order chi connectivity index (χ1) is 12.6. The Morgan fingerprint density at radius 2 is 1.59 bits per heavy atom. The number of thiophene rings is 1. The lowest BCUT2D eigenvalue weighted by molar-refractivity contribution is -0.642. The van der Waals surface area contributed by atoms with Crippen molar-refractivity contribution in [3.63, 3.8) is 0 Å². The number of benzene rings is 2. The van der Waals surface area contributed by atoms with Gasteiger partial charge in [-0.1, -0.05) is 35.6 Å². The average molecular weight is 504 g/mol. The molecule has 0 fully saturated rings. The van der Waals surface area contributed by atoms with E-state index in [2.05, 4.69) is 103 Å². The first-order valence-corrected chi connectivity index (χ1v) is 10.2. The van der Waals surface area contributed by atoms with Crippen LogP contribution in [0, 0.1) is 0 Å². The summed E-state index contributed by atoms with van der Waals surface area (Å²) in [5.74, 6) is 0. The minimum absolute atomic E-state index is 0. The van der Waals surface area contributed by atoms with Gasteiger partial charge in [-0.3, -0.25) is 0 Å². The van der Waals surface area contributed by atoms with Crippen molar-refractivity contribution in [1.82, 2.24) is 0 Å². The first-order valence-electron chi connectivity index (χ1n) is 8.55. The van der Waals surface area contributed by atoms with E-state index in [0.29, 0.717) is 0 Å². The summed E-state index contributed by atoms with van der Waals surface area (Å²) < 4.78 is 3.58. The summed E-state index contributed by atoms with van der Waals surface area (Å²) in [5.41, 5.74) is 3.78. The molecule has 2 nitrogen and oxygen atoms in total. The maximum atomic E-state index is 2.25. The van der Waals surface area contributed by atoms with Gasteiger partial charge in [0, 0.05) is 41.7 Å². The van der Waals surface area contributed by atoms with E-state index in [1.54, 1.807) is 0 Å². The van der Waals surface area contributed by atoms with Crippen molar-refractivity contribution in [2.24, 2.45) is 7.05 Å². The van der Waals surface area contributed by atoms with Gasteiger partial charge in [0.1, 0.15) is 11.7 Å². The average Bonchev–Trinajstić information content (AvgIpc) is 3.25. The van der Waals surface area contributed by atoms with Crippen molar-refractivity contribution in [2.45, 2.75) is 0 Å². The van der Waals surface area contributed by atoms with Gasteiger partial charge >= 0.3 is 0 Å². The van der Waals surface area contributed by atoms with Crippen molar-refractivity contribution in [3.05, 3.63) is 70.5 Å². The van der Waals surface area contributed by atoms with E-state index >= 15 is 0 Å². The Balaban J connectivity index is 0.00000210. The van der Waals surface area contributed by atoms with Crippen LogP contribution in [0.3, 0.4) is 0 Å². The Morgan fingerprint density at radius 3 is 2.30 bits per heavy atom. The third-order valence-corrected chi connectivity index (χ3v) is 6.74. The van der Waals surface area contributed by atoms with Gasteiger partial charge in [0.25, 0.3) is 5.01 Å². The quantitative estimate of drug-likeness (QED) is 0.306. The van der Waals surface area contributed by atoms with Crippen LogP contribution in [0.25, 0.3) is 32.8 Å². The van der Waals surface area contributed by atoms with Crippen molar-refractivity contribution in [1.29, 1.82) is 0 Å². The van der Waals surface area contributed by atoms with Crippen molar-refractivity contribution < 1.29 is 28.5 Å². The Morgan fingerprint density at radius 1 is 0.852 bits per heavy atom. The standard InChI is InChI=1S/C22H21N2S2.HI/c1-23(2)17-10-8-16(9-11-17)20-14-12-18(25-20)13-15-22-24(3)19-6-4-5-7-21(19)26-22;/h4-15H,1-3H3;1H/q+1;/p-1. The van der Waals surface area contributed by atoms with Crippen molar-refractivity contribution >= 4 is 50.7 Å². The number of hydrogen-bond donors (Lipinski definition) is 0. The van der Waals surface area contributed by atoms with E-state index in [4.69, 9.17) is 0 Å². The predicted molar refractivity (Wildman–Crippen MR) is 116 cm³/mol. The number of halogens is 1. The smallest absolute Gasteiger partial charge is 0.262 e. The molecule has 2 heterocycles. The highest BCUT2D eigenvalue weighted by Gasteiger charge is 2.13. The molecule has 4 rings (SSSR count). The lowest BCUT2D eigenvalue weighted by atomic mass is 10.1. The fourth-order valence-electron chi connectivity index (χ4n) is 2.94. The summed E-state index contributed by atoms with van der Waals surface area (Å²) in [7, 11) is 6.26. The van der Waals surface area contributed by atoms with Gasteiger partial charge in [-0.2, -0.15) is 4.57 Å². The van der Waals surface area contributed by atoms with Gasteiger partial charge in [0.15, 0.2) is 0 Å². The lowest BCUT2D eigenvalue weighted by Gasteiger charge is -2.12. The topological polar surface area (TPSA) is 7.12 Å². The second-order valence-corrected chi connectivity index (χ2v) is 8.62. The van der Waals surface area contributed by atoms with E-state index in [1.165, 1.54) is 36.2 Å². The molecule has 0 amide bonds. The van der Waals surface area contributed by atoms with Crippen molar-refractivity contribution in [2.75, 3.05) is 19.0 Å². The number of hydrogen-bond acceptors (Lipinski definition) is 3. The number of nitrogens with zero attached hydrogens (tertiary/aromatic N) is 2. The molecular formula is C22H21IN2S2. The molecule has 0 saturated heterocycles. The van der Waals surface area contributed by atoms with Crippen LogP contribution in [0.2, 0.25) is 0 Å². The molecule has 0 spiro atoms. The third-order valence-electron chi connectivity index (χ3n) is 4.46. The van der Waals surface area contributed by atoms with E-state index in [-0.39, 0.29) is 24.0 Å². The van der Waals surface area contributed by atoms with Crippen LogP contribution in [-0.2, 0) is 7.05 Å². The van der Waals surface area contributed by atoms with Gasteiger partial charge in [-0.05, 0) is 42.0 Å². The summed E-state index contributed by atoms with van der Waals surface area (Å²) in [5, 5.41) is 1.26. The van der Waals surface area contributed by atoms with Crippen LogP contribution in [0.15, 0.2) is 60.7 Å². The summed E-state index contributed by atoms with van der Waals surface area (Å²) in [6, 6.07) is 21.7. The minimum Gasteiger partial charge on any atom is -1.00 e. The molecule has 2 aromatic heterocycles. The zero-order valence-corrected chi connectivity index (χ0v) is 19.3. The Hall–Kier alpha value is -1.70. The molecule has 2 aromatic carbocycles. The molecule has 5 heteroatoms. The number of para-hydroxylation sites is 1. The predicted octanol–water partition coefficient (Wildman–Crippen LogP) is 2.69. The largest absolute Gasteiger partial charge is 1.00 e.